The number of hydrogen-bond donors (Lipinski definition) is 0. The number of aromatic nitrogens is 7. The van der Waals surface area contributed by atoms with E-state index in [1.165, 1.54) is 0 Å². The third kappa shape index (κ3) is 2.94. The Morgan fingerprint density at radius 3 is 2.09 bits per heavy atom. The van der Waals surface area contributed by atoms with Crippen molar-refractivity contribution in [3.8, 4) is 11.4 Å². The molecule has 0 saturated heterocycles. The van der Waals surface area contributed by atoms with Gasteiger partial charge in [-0.2, -0.15) is 19.8 Å². The standard InChI is InChI=1S/C16H15N7/c1-2-7-13(8-3-1)16-17-21-23(20-16)12-6-11-22-18-14-9-4-5-10-15(14)19-22/h1-5,7-10H,6,11-12H2. The first kappa shape index (κ1) is 13.6. The summed E-state index contributed by atoms with van der Waals surface area (Å²) >= 11 is 0. The van der Waals surface area contributed by atoms with Gasteiger partial charge in [-0.3, -0.25) is 0 Å². The molecule has 0 spiro atoms. The lowest BCUT2D eigenvalue weighted by Crippen LogP contribution is -2.08. The molecular formula is C16H15N7. The van der Waals surface area contributed by atoms with E-state index in [1.54, 1.807) is 9.59 Å². The average Bonchev–Trinajstić information content (AvgIpc) is 3.22. The van der Waals surface area contributed by atoms with Gasteiger partial charge in [0.05, 0.1) is 13.1 Å². The summed E-state index contributed by atoms with van der Waals surface area (Å²) in [5, 5.41) is 21.5. The Labute approximate surface area is 132 Å². The maximum absolute atomic E-state index is 4.44. The molecule has 0 saturated carbocycles. The van der Waals surface area contributed by atoms with Crippen LogP contribution in [0.4, 0.5) is 0 Å². The fourth-order valence-corrected chi connectivity index (χ4v) is 2.40. The molecule has 2 aromatic heterocycles. The second-order valence-corrected chi connectivity index (χ2v) is 5.21. The summed E-state index contributed by atoms with van der Waals surface area (Å²) in [4.78, 5) is 3.34. The first-order valence-electron chi connectivity index (χ1n) is 7.51. The lowest BCUT2D eigenvalue weighted by molar-refractivity contribution is 0.436. The van der Waals surface area contributed by atoms with Crippen molar-refractivity contribution in [3.63, 3.8) is 0 Å². The van der Waals surface area contributed by atoms with Gasteiger partial charge in [0, 0.05) is 5.56 Å². The van der Waals surface area contributed by atoms with Gasteiger partial charge in [-0.15, -0.1) is 10.2 Å². The first-order valence-corrected chi connectivity index (χ1v) is 7.51. The SMILES string of the molecule is c1ccc(-c2nnn(CCCn3nc4ccccc4n3)n2)cc1. The molecule has 114 valence electrons. The summed E-state index contributed by atoms with van der Waals surface area (Å²) in [5.41, 5.74) is 2.80. The number of tetrazole rings is 1. The summed E-state index contributed by atoms with van der Waals surface area (Å²) in [5.74, 6) is 0.647. The van der Waals surface area contributed by atoms with Crippen molar-refractivity contribution >= 4 is 11.0 Å². The molecule has 7 nitrogen and oxygen atoms in total. The van der Waals surface area contributed by atoms with Crippen LogP contribution in [0.2, 0.25) is 0 Å². The molecule has 4 aromatic rings. The molecule has 23 heavy (non-hydrogen) atoms. The van der Waals surface area contributed by atoms with Gasteiger partial charge in [0.2, 0.25) is 5.82 Å². The summed E-state index contributed by atoms with van der Waals surface area (Å²) in [6.45, 7) is 1.40. The molecule has 2 aromatic carbocycles. The molecule has 0 radical (unpaired) electrons. The number of fused-ring (bicyclic) bond motifs is 1. The number of aryl methyl sites for hydroxylation is 2. The maximum atomic E-state index is 4.44. The Kier molecular flexibility index (Phi) is 3.51. The zero-order chi connectivity index (χ0) is 15.5. The normalized spacial score (nSPS) is 11.1. The fourth-order valence-electron chi connectivity index (χ4n) is 2.40. The van der Waals surface area contributed by atoms with E-state index >= 15 is 0 Å². The lowest BCUT2D eigenvalue weighted by atomic mass is 10.2. The van der Waals surface area contributed by atoms with E-state index in [4.69, 9.17) is 0 Å². The van der Waals surface area contributed by atoms with Crippen LogP contribution < -0.4 is 0 Å². The molecule has 0 N–H and O–H groups in total. The van der Waals surface area contributed by atoms with Gasteiger partial charge < -0.3 is 0 Å². The molecule has 0 bridgehead atoms. The predicted molar refractivity (Wildman–Crippen MR) is 85.4 cm³/mol. The average molecular weight is 305 g/mol. The van der Waals surface area contributed by atoms with Gasteiger partial charge in [-0.1, -0.05) is 42.5 Å². The minimum absolute atomic E-state index is 0.647. The van der Waals surface area contributed by atoms with E-state index in [-0.39, 0.29) is 0 Å². The predicted octanol–water partition coefficient (Wildman–Crippen LogP) is 2.18. The Bertz CT molecular complexity index is 877. The van der Waals surface area contributed by atoms with Crippen LogP contribution in [0, 0.1) is 0 Å². The van der Waals surface area contributed by atoms with Crippen LogP contribution in [0.15, 0.2) is 54.6 Å². The zero-order valence-electron chi connectivity index (χ0n) is 12.4. The van der Waals surface area contributed by atoms with Gasteiger partial charge in [0.25, 0.3) is 0 Å². The van der Waals surface area contributed by atoms with Gasteiger partial charge in [-0.25, -0.2) is 0 Å². The topological polar surface area (TPSA) is 74.3 Å². The second kappa shape index (κ2) is 5.96. The number of nitrogens with zero attached hydrogens (tertiary/aromatic N) is 7. The highest BCUT2D eigenvalue weighted by atomic mass is 15.6. The summed E-state index contributed by atoms with van der Waals surface area (Å²) in [6.07, 6.45) is 0.839. The Hall–Kier alpha value is -3.09. The third-order valence-electron chi connectivity index (χ3n) is 3.53. The largest absolute Gasteiger partial charge is 0.204 e. The Balaban J connectivity index is 1.39. The second-order valence-electron chi connectivity index (χ2n) is 5.21. The highest BCUT2D eigenvalue weighted by molar-refractivity contribution is 5.72. The van der Waals surface area contributed by atoms with E-state index < -0.39 is 0 Å². The highest BCUT2D eigenvalue weighted by Crippen LogP contribution is 2.12. The van der Waals surface area contributed by atoms with E-state index in [2.05, 4.69) is 25.6 Å². The zero-order valence-corrected chi connectivity index (χ0v) is 12.4. The van der Waals surface area contributed by atoms with Gasteiger partial charge in [-0.05, 0) is 23.8 Å². The van der Waals surface area contributed by atoms with Crippen LogP contribution in [-0.2, 0) is 13.1 Å². The molecule has 0 aliphatic heterocycles. The van der Waals surface area contributed by atoms with Crippen molar-refractivity contribution in [1.29, 1.82) is 0 Å². The smallest absolute Gasteiger partial charge is 0.184 e. The summed E-state index contributed by atoms with van der Waals surface area (Å²) in [7, 11) is 0. The molecule has 0 unspecified atom stereocenters. The van der Waals surface area contributed by atoms with E-state index in [0.717, 1.165) is 29.6 Å². The van der Waals surface area contributed by atoms with E-state index in [1.807, 2.05) is 54.6 Å². The number of rotatable bonds is 5. The van der Waals surface area contributed by atoms with E-state index in [9.17, 15) is 0 Å². The van der Waals surface area contributed by atoms with Crippen molar-refractivity contribution in [3.05, 3.63) is 54.6 Å². The molecule has 0 atom stereocenters. The number of hydrogen-bond acceptors (Lipinski definition) is 5. The van der Waals surface area contributed by atoms with Crippen molar-refractivity contribution in [2.45, 2.75) is 19.5 Å². The molecule has 0 amide bonds. The van der Waals surface area contributed by atoms with Gasteiger partial charge in [0.1, 0.15) is 11.0 Å². The molecule has 0 fully saturated rings. The van der Waals surface area contributed by atoms with Crippen molar-refractivity contribution < 1.29 is 0 Å². The van der Waals surface area contributed by atoms with Crippen LogP contribution in [0.1, 0.15) is 6.42 Å². The minimum atomic E-state index is 0.647. The van der Waals surface area contributed by atoms with Gasteiger partial charge >= 0.3 is 0 Å². The first-order chi connectivity index (χ1) is 11.4. The molecular weight excluding hydrogens is 290 g/mol. The van der Waals surface area contributed by atoms with E-state index in [0.29, 0.717) is 12.4 Å². The molecule has 0 aliphatic carbocycles. The lowest BCUT2D eigenvalue weighted by Gasteiger charge is -1.99. The van der Waals surface area contributed by atoms with Crippen molar-refractivity contribution in [1.82, 2.24) is 35.2 Å². The van der Waals surface area contributed by atoms with Crippen LogP contribution in [0.3, 0.4) is 0 Å². The summed E-state index contributed by atoms with van der Waals surface area (Å²) in [6, 6.07) is 17.7. The van der Waals surface area contributed by atoms with Crippen LogP contribution in [-0.4, -0.2) is 35.2 Å². The molecule has 7 heteroatoms. The summed E-state index contributed by atoms with van der Waals surface area (Å²) < 4.78 is 0. The molecule has 2 heterocycles. The quantitative estimate of drug-likeness (QED) is 0.565. The fraction of sp³-hybridized carbons (Fsp3) is 0.188. The maximum Gasteiger partial charge on any atom is 0.204 e. The van der Waals surface area contributed by atoms with Crippen LogP contribution in [0.25, 0.3) is 22.4 Å². The van der Waals surface area contributed by atoms with Gasteiger partial charge in [0.15, 0.2) is 0 Å². The highest BCUT2D eigenvalue weighted by Gasteiger charge is 2.06. The van der Waals surface area contributed by atoms with Crippen molar-refractivity contribution in [2.75, 3.05) is 0 Å². The number of benzene rings is 2. The van der Waals surface area contributed by atoms with Crippen molar-refractivity contribution in [2.24, 2.45) is 0 Å². The Morgan fingerprint density at radius 2 is 1.35 bits per heavy atom. The third-order valence-corrected chi connectivity index (χ3v) is 3.53. The molecule has 4 rings (SSSR count). The Morgan fingerprint density at radius 1 is 0.696 bits per heavy atom. The monoisotopic (exact) mass is 305 g/mol. The molecule has 0 aliphatic rings. The minimum Gasteiger partial charge on any atom is -0.184 e. The van der Waals surface area contributed by atoms with Crippen LogP contribution in [0.5, 0.6) is 0 Å². The van der Waals surface area contributed by atoms with Crippen LogP contribution >= 0.6 is 0 Å².